The number of sulfonamides is 1. The Morgan fingerprint density at radius 2 is 1.74 bits per heavy atom. The quantitative estimate of drug-likeness (QED) is 0.336. The van der Waals surface area contributed by atoms with Crippen LogP contribution in [0.15, 0.2) is 65.6 Å². The second-order valence-electron chi connectivity index (χ2n) is 9.92. The average molecular weight is 557 g/mol. The number of para-hydroxylation sites is 1. The van der Waals surface area contributed by atoms with Crippen LogP contribution in [0.3, 0.4) is 0 Å². The molecule has 3 aromatic carbocycles. The Kier molecular flexibility index (Phi) is 7.49. The first-order valence-electron chi connectivity index (χ1n) is 12.7. The summed E-state index contributed by atoms with van der Waals surface area (Å²) in [6, 6.07) is 16.6. The van der Waals surface area contributed by atoms with Gasteiger partial charge in [0.25, 0.3) is 0 Å². The Morgan fingerprint density at radius 1 is 1.03 bits per heavy atom. The van der Waals surface area contributed by atoms with Crippen LogP contribution in [0.1, 0.15) is 42.5 Å². The Hall–Kier alpha value is -2.94. The van der Waals surface area contributed by atoms with Crippen molar-refractivity contribution in [2.75, 3.05) is 25.6 Å². The van der Waals surface area contributed by atoms with Gasteiger partial charge in [0.2, 0.25) is 10.0 Å². The number of benzene rings is 3. The van der Waals surface area contributed by atoms with Crippen LogP contribution >= 0.6 is 11.6 Å². The van der Waals surface area contributed by atoms with E-state index in [4.69, 9.17) is 16.3 Å². The Labute approximate surface area is 228 Å². The fourth-order valence-corrected chi connectivity index (χ4v) is 7.56. The zero-order valence-electron chi connectivity index (χ0n) is 21.4. The number of fused-ring (bicyclic) bond motifs is 1. The third-order valence-corrected chi connectivity index (χ3v) is 10.0. The zero-order chi connectivity index (χ0) is 27.0. The van der Waals surface area contributed by atoms with Gasteiger partial charge in [-0.3, -0.25) is 0 Å². The van der Waals surface area contributed by atoms with Crippen LogP contribution in [0.4, 0.5) is 15.8 Å². The Balaban J connectivity index is 1.70. The summed E-state index contributed by atoms with van der Waals surface area (Å²) in [6.45, 7) is 0.496. The molecule has 0 amide bonds. The van der Waals surface area contributed by atoms with Gasteiger partial charge in [-0.2, -0.15) is 4.31 Å². The van der Waals surface area contributed by atoms with Crippen molar-refractivity contribution in [1.29, 1.82) is 0 Å². The maximum absolute atomic E-state index is 14.3. The molecule has 1 saturated carbocycles. The Bertz CT molecular complexity index is 1460. The molecular formula is C29H30ClFN2O4S. The summed E-state index contributed by atoms with van der Waals surface area (Å²) in [5.41, 5.74) is 1.91. The van der Waals surface area contributed by atoms with E-state index in [0.29, 0.717) is 28.4 Å². The van der Waals surface area contributed by atoms with Crippen molar-refractivity contribution in [3.05, 3.63) is 77.1 Å². The maximum atomic E-state index is 14.3. The molecule has 0 N–H and O–H groups in total. The van der Waals surface area contributed by atoms with E-state index in [1.807, 2.05) is 35.2 Å². The van der Waals surface area contributed by atoms with Gasteiger partial charge in [0.05, 0.1) is 23.4 Å². The molecule has 0 aromatic heterocycles. The van der Waals surface area contributed by atoms with Crippen LogP contribution in [0.25, 0.3) is 11.1 Å². The second kappa shape index (κ2) is 10.7. The van der Waals surface area contributed by atoms with Crippen LogP contribution in [0.5, 0.6) is 0 Å². The number of nitrogens with zero attached hydrogens (tertiary/aromatic N) is 2. The number of hydrogen-bond acceptors (Lipinski definition) is 5. The van der Waals surface area contributed by atoms with Gasteiger partial charge in [-0.25, -0.2) is 17.6 Å². The van der Waals surface area contributed by atoms with Crippen molar-refractivity contribution in [3.63, 3.8) is 0 Å². The van der Waals surface area contributed by atoms with Crippen molar-refractivity contribution in [1.82, 2.24) is 4.31 Å². The summed E-state index contributed by atoms with van der Waals surface area (Å²) in [4.78, 5) is 14.3. The molecule has 1 atom stereocenters. The standard InChI is InChI=1S/C29H30ClFN2O4S/c1-32-27(19-9-5-3-6-10-19)18-33(21-11-7-4-8-12-21)26-17-24(30)22(16-28(26)38(32,35)36)20-13-14-25(31)23(15-20)29(34)37-2/h4,7-8,11-17,19,27H,3,5-6,9-10,18H2,1-2H3/t27-/m0/s1. The van der Waals surface area contributed by atoms with Crippen molar-refractivity contribution >= 4 is 39.0 Å². The largest absolute Gasteiger partial charge is 0.465 e. The first-order chi connectivity index (χ1) is 18.2. The molecule has 1 fully saturated rings. The molecule has 3 aromatic rings. The van der Waals surface area contributed by atoms with Gasteiger partial charge in [-0.15, -0.1) is 0 Å². The number of carbonyl (C=O) groups excluding carboxylic acids is 1. The van der Waals surface area contributed by atoms with Gasteiger partial charge in [0.1, 0.15) is 10.7 Å². The molecular weight excluding hydrogens is 527 g/mol. The van der Waals surface area contributed by atoms with Gasteiger partial charge in [-0.05, 0) is 60.7 Å². The van der Waals surface area contributed by atoms with Gasteiger partial charge < -0.3 is 9.64 Å². The number of carbonyl (C=O) groups is 1. The second-order valence-corrected chi connectivity index (χ2v) is 12.3. The molecule has 6 nitrogen and oxygen atoms in total. The van der Waals surface area contributed by atoms with Crippen molar-refractivity contribution < 1.29 is 22.3 Å². The minimum absolute atomic E-state index is 0.116. The number of esters is 1. The van der Waals surface area contributed by atoms with Crippen molar-refractivity contribution in [3.8, 4) is 11.1 Å². The summed E-state index contributed by atoms with van der Waals surface area (Å²) in [5.74, 6) is -1.31. The maximum Gasteiger partial charge on any atom is 0.340 e. The molecule has 0 radical (unpaired) electrons. The van der Waals surface area contributed by atoms with Crippen LogP contribution in [0.2, 0.25) is 5.02 Å². The van der Waals surface area contributed by atoms with Crippen LogP contribution in [0, 0.1) is 11.7 Å². The third-order valence-electron chi connectivity index (χ3n) is 7.78. The van der Waals surface area contributed by atoms with Gasteiger partial charge in [0, 0.05) is 30.9 Å². The van der Waals surface area contributed by atoms with E-state index >= 15 is 0 Å². The van der Waals surface area contributed by atoms with E-state index in [0.717, 1.165) is 37.4 Å². The SMILES string of the molecule is COC(=O)c1cc(-c2cc3c(cc2Cl)N(c2ccccc2)C[C@@H](C2CCCCC2)N(C)S3(=O)=O)ccc1F. The van der Waals surface area contributed by atoms with Gasteiger partial charge in [0.15, 0.2) is 0 Å². The van der Waals surface area contributed by atoms with Crippen LogP contribution < -0.4 is 4.90 Å². The molecule has 200 valence electrons. The number of hydrogen-bond donors (Lipinski definition) is 0. The van der Waals surface area contributed by atoms with Crippen molar-refractivity contribution in [2.45, 2.75) is 43.0 Å². The van der Waals surface area contributed by atoms with Crippen LogP contribution in [-0.4, -0.2) is 45.4 Å². The normalized spacial score (nSPS) is 20.0. The van der Waals surface area contributed by atoms with E-state index in [1.165, 1.54) is 36.0 Å². The average Bonchev–Trinajstić information content (AvgIpc) is 3.01. The van der Waals surface area contributed by atoms with Gasteiger partial charge >= 0.3 is 5.97 Å². The number of anilines is 2. The molecule has 1 aliphatic carbocycles. The summed E-state index contributed by atoms with van der Waals surface area (Å²) in [6.07, 6.45) is 5.34. The number of methoxy groups -OCH3 is 1. The summed E-state index contributed by atoms with van der Waals surface area (Å²) in [5, 5.41) is 0.293. The summed E-state index contributed by atoms with van der Waals surface area (Å²) in [7, 11) is -1.08. The fourth-order valence-electron chi connectivity index (χ4n) is 5.69. The molecule has 1 aliphatic heterocycles. The number of likely N-dealkylation sites (N-methyl/N-ethyl adjacent to an activating group) is 1. The lowest BCUT2D eigenvalue weighted by Gasteiger charge is -2.36. The molecule has 0 bridgehead atoms. The smallest absolute Gasteiger partial charge is 0.340 e. The highest BCUT2D eigenvalue weighted by Gasteiger charge is 2.41. The highest BCUT2D eigenvalue weighted by atomic mass is 35.5. The predicted octanol–water partition coefficient (Wildman–Crippen LogP) is 6.65. The van der Waals surface area contributed by atoms with E-state index in [-0.39, 0.29) is 22.4 Å². The van der Waals surface area contributed by atoms with E-state index in [1.54, 1.807) is 13.1 Å². The Morgan fingerprint density at radius 3 is 2.42 bits per heavy atom. The minimum atomic E-state index is -3.92. The molecule has 0 saturated heterocycles. The first kappa shape index (κ1) is 26.7. The molecule has 5 rings (SSSR count). The lowest BCUT2D eigenvalue weighted by Crippen LogP contribution is -2.46. The van der Waals surface area contributed by atoms with Crippen molar-refractivity contribution in [2.24, 2.45) is 5.92 Å². The molecule has 0 unspecified atom stereocenters. The van der Waals surface area contributed by atoms with Gasteiger partial charge in [-0.1, -0.05) is 55.1 Å². The first-order valence-corrected chi connectivity index (χ1v) is 14.6. The predicted molar refractivity (Wildman–Crippen MR) is 147 cm³/mol. The summed E-state index contributed by atoms with van der Waals surface area (Å²) >= 11 is 6.78. The fraction of sp³-hybridized carbons (Fsp3) is 0.345. The van der Waals surface area contributed by atoms with E-state index in [2.05, 4.69) is 0 Å². The number of halogens is 2. The summed E-state index contributed by atoms with van der Waals surface area (Å²) < 4.78 is 48.9. The monoisotopic (exact) mass is 556 g/mol. The lowest BCUT2D eigenvalue weighted by atomic mass is 9.83. The molecule has 38 heavy (non-hydrogen) atoms. The number of rotatable bonds is 4. The number of ether oxygens (including phenoxy) is 1. The minimum Gasteiger partial charge on any atom is -0.465 e. The third kappa shape index (κ3) is 4.81. The lowest BCUT2D eigenvalue weighted by molar-refractivity contribution is 0.0595. The molecule has 1 heterocycles. The van der Waals surface area contributed by atoms with Crippen LogP contribution in [-0.2, 0) is 14.8 Å². The highest BCUT2D eigenvalue weighted by molar-refractivity contribution is 7.89. The molecule has 0 spiro atoms. The molecule has 9 heteroatoms. The highest BCUT2D eigenvalue weighted by Crippen LogP contribution is 2.44. The topological polar surface area (TPSA) is 66.9 Å². The molecule has 2 aliphatic rings. The van der Waals surface area contributed by atoms with E-state index < -0.39 is 21.8 Å². The van der Waals surface area contributed by atoms with E-state index in [9.17, 15) is 17.6 Å². The zero-order valence-corrected chi connectivity index (χ0v) is 22.9.